The normalized spacial score (nSPS) is 27.8. The van der Waals surface area contributed by atoms with E-state index in [1.807, 2.05) is 0 Å². The number of sulfonamides is 1. The number of hydrogen-bond acceptors (Lipinski definition) is 4. The van der Waals surface area contributed by atoms with Crippen molar-refractivity contribution in [2.75, 3.05) is 20.1 Å². The predicted octanol–water partition coefficient (Wildman–Crippen LogP) is 0.740. The zero-order valence-electron chi connectivity index (χ0n) is 12.7. The monoisotopic (exact) mass is 342 g/mol. The van der Waals surface area contributed by atoms with Crippen molar-refractivity contribution in [2.24, 2.45) is 5.92 Å². The lowest BCUT2D eigenvalue weighted by Crippen LogP contribution is -2.32. The Morgan fingerprint density at radius 3 is 2.78 bits per heavy atom. The zero-order chi connectivity index (χ0) is 16.6. The van der Waals surface area contributed by atoms with Crippen molar-refractivity contribution in [2.45, 2.75) is 29.9 Å². The number of rotatable bonds is 4. The van der Waals surface area contributed by atoms with Crippen molar-refractivity contribution < 1.29 is 22.3 Å². The summed E-state index contributed by atoms with van der Waals surface area (Å²) in [5.74, 6) is -0.792. The molecule has 2 aliphatic rings. The molecule has 2 fully saturated rings. The molecule has 3 rings (SSSR count). The molecular formula is C15H19FN2O4S. The summed E-state index contributed by atoms with van der Waals surface area (Å²) in [7, 11) is -2.29. The number of carbonyl (C=O) groups excluding carboxylic acids is 1. The molecule has 0 bridgehead atoms. The van der Waals surface area contributed by atoms with Crippen LogP contribution in [0.25, 0.3) is 0 Å². The van der Waals surface area contributed by atoms with Crippen molar-refractivity contribution >= 4 is 15.9 Å². The minimum Gasteiger partial charge on any atom is -0.373 e. The molecule has 1 aromatic rings. The fraction of sp³-hybridized carbons (Fsp3) is 0.533. The molecule has 8 heteroatoms. The van der Waals surface area contributed by atoms with Crippen LogP contribution in [0.5, 0.6) is 0 Å². The minimum atomic E-state index is -3.86. The number of fused-ring (bicyclic) bond motifs is 1. The van der Waals surface area contributed by atoms with E-state index in [0.29, 0.717) is 13.0 Å². The second kappa shape index (κ2) is 6.18. The lowest BCUT2D eigenvalue weighted by atomic mass is 10.0. The molecule has 0 radical (unpaired) electrons. The number of amides is 1. The summed E-state index contributed by atoms with van der Waals surface area (Å²) in [4.78, 5) is 11.1. The lowest BCUT2D eigenvalue weighted by molar-refractivity contribution is -0.123. The first-order valence-electron chi connectivity index (χ1n) is 7.52. The third-order valence-corrected chi connectivity index (χ3v) is 6.29. The average molecular weight is 342 g/mol. The second-order valence-electron chi connectivity index (χ2n) is 5.92. The molecule has 6 nitrogen and oxygen atoms in total. The van der Waals surface area contributed by atoms with E-state index in [1.165, 1.54) is 22.5 Å². The van der Waals surface area contributed by atoms with Crippen molar-refractivity contribution in [3.63, 3.8) is 0 Å². The van der Waals surface area contributed by atoms with E-state index >= 15 is 0 Å². The summed E-state index contributed by atoms with van der Waals surface area (Å²) in [6.45, 7) is 0.497. The highest BCUT2D eigenvalue weighted by Crippen LogP contribution is 2.36. The van der Waals surface area contributed by atoms with Gasteiger partial charge in [-0.05, 0) is 18.6 Å². The molecule has 0 spiro atoms. The van der Waals surface area contributed by atoms with Gasteiger partial charge in [0.05, 0.1) is 18.6 Å². The van der Waals surface area contributed by atoms with Crippen LogP contribution in [0.4, 0.5) is 4.39 Å². The van der Waals surface area contributed by atoms with E-state index < -0.39 is 15.8 Å². The van der Waals surface area contributed by atoms with Crippen LogP contribution in [0.1, 0.15) is 12.8 Å². The predicted molar refractivity (Wildman–Crippen MR) is 80.6 cm³/mol. The van der Waals surface area contributed by atoms with Crippen molar-refractivity contribution in [3.8, 4) is 0 Å². The summed E-state index contributed by atoms with van der Waals surface area (Å²) < 4.78 is 46.0. The molecular weight excluding hydrogens is 323 g/mol. The summed E-state index contributed by atoms with van der Waals surface area (Å²) in [6.07, 6.45) is 0.514. The largest absolute Gasteiger partial charge is 0.373 e. The van der Waals surface area contributed by atoms with Gasteiger partial charge in [-0.1, -0.05) is 12.1 Å². The van der Waals surface area contributed by atoms with Gasteiger partial charge in [0.25, 0.3) is 0 Å². The van der Waals surface area contributed by atoms with E-state index in [-0.39, 0.29) is 41.9 Å². The number of halogens is 1. The fourth-order valence-electron chi connectivity index (χ4n) is 3.25. The van der Waals surface area contributed by atoms with Crippen LogP contribution in [0.3, 0.4) is 0 Å². The third-order valence-electron chi connectivity index (χ3n) is 4.43. The van der Waals surface area contributed by atoms with Crippen molar-refractivity contribution in [1.82, 2.24) is 9.62 Å². The lowest BCUT2D eigenvalue weighted by Gasteiger charge is -2.19. The molecule has 1 aromatic carbocycles. The Morgan fingerprint density at radius 2 is 2.13 bits per heavy atom. The first-order valence-corrected chi connectivity index (χ1v) is 8.96. The fourth-order valence-corrected chi connectivity index (χ4v) is 4.83. The van der Waals surface area contributed by atoms with Gasteiger partial charge >= 0.3 is 0 Å². The van der Waals surface area contributed by atoms with Gasteiger partial charge in [0.1, 0.15) is 10.7 Å². The van der Waals surface area contributed by atoms with Gasteiger partial charge in [-0.15, -0.1) is 0 Å². The molecule has 126 valence electrons. The summed E-state index contributed by atoms with van der Waals surface area (Å²) in [5, 5.41) is 2.55. The van der Waals surface area contributed by atoms with Crippen LogP contribution in [0.2, 0.25) is 0 Å². The van der Waals surface area contributed by atoms with Crippen LogP contribution in [0.15, 0.2) is 29.2 Å². The van der Waals surface area contributed by atoms with Crippen LogP contribution in [-0.4, -0.2) is 51.0 Å². The van der Waals surface area contributed by atoms with Gasteiger partial charge in [0, 0.05) is 26.1 Å². The highest BCUT2D eigenvalue weighted by atomic mass is 32.2. The van der Waals surface area contributed by atoms with Crippen LogP contribution in [-0.2, 0) is 19.6 Å². The zero-order valence-corrected chi connectivity index (χ0v) is 13.6. The van der Waals surface area contributed by atoms with Gasteiger partial charge in [0.2, 0.25) is 15.9 Å². The molecule has 0 unspecified atom stereocenters. The van der Waals surface area contributed by atoms with Crippen LogP contribution in [0, 0.1) is 11.7 Å². The Morgan fingerprint density at radius 1 is 1.39 bits per heavy atom. The third kappa shape index (κ3) is 3.11. The van der Waals surface area contributed by atoms with E-state index in [2.05, 4.69) is 5.32 Å². The smallest absolute Gasteiger partial charge is 0.246 e. The van der Waals surface area contributed by atoms with E-state index in [1.54, 1.807) is 7.05 Å². The molecule has 0 aromatic heterocycles. The van der Waals surface area contributed by atoms with Gasteiger partial charge in [-0.3, -0.25) is 4.79 Å². The van der Waals surface area contributed by atoms with Crippen molar-refractivity contribution in [3.05, 3.63) is 30.1 Å². The molecule has 1 amide bonds. The maximum Gasteiger partial charge on any atom is 0.246 e. The van der Waals surface area contributed by atoms with Crippen molar-refractivity contribution in [1.29, 1.82) is 0 Å². The number of nitrogens with one attached hydrogen (secondary N) is 1. The molecule has 2 heterocycles. The topological polar surface area (TPSA) is 75.7 Å². The Kier molecular flexibility index (Phi) is 4.39. The standard InChI is InChI=1S/C15H19FN2O4S/c1-17-15(19)7-11-6-10-8-18(9-13(10)22-11)23(20,21)14-5-3-2-4-12(14)16/h2-5,10-11,13H,6-9H2,1H3,(H,17,19)/t10-,11+,13+/m0/s1. The van der Waals surface area contributed by atoms with Crippen LogP contribution < -0.4 is 5.32 Å². The molecule has 3 atom stereocenters. The maximum atomic E-state index is 13.8. The molecule has 2 saturated heterocycles. The van der Waals surface area contributed by atoms with Gasteiger partial charge < -0.3 is 10.1 Å². The SMILES string of the molecule is CNC(=O)C[C@H]1C[C@H]2CN(S(=O)(=O)c3ccccc3F)C[C@H]2O1. The Hall–Kier alpha value is -1.51. The second-order valence-corrected chi connectivity index (χ2v) is 7.83. The van der Waals surface area contributed by atoms with Gasteiger partial charge in [-0.2, -0.15) is 4.31 Å². The number of ether oxygens (including phenoxy) is 1. The van der Waals surface area contributed by atoms with Gasteiger partial charge in [0.15, 0.2) is 0 Å². The highest BCUT2D eigenvalue weighted by Gasteiger charge is 2.46. The van der Waals surface area contributed by atoms with Gasteiger partial charge in [-0.25, -0.2) is 12.8 Å². The maximum absolute atomic E-state index is 13.8. The van der Waals surface area contributed by atoms with E-state index in [4.69, 9.17) is 4.74 Å². The Bertz CT molecular complexity index is 695. The number of carbonyl (C=O) groups is 1. The first-order chi connectivity index (χ1) is 10.9. The Labute approximate surface area is 134 Å². The molecule has 2 aliphatic heterocycles. The first kappa shape index (κ1) is 16.4. The number of hydrogen-bond donors (Lipinski definition) is 1. The summed E-state index contributed by atoms with van der Waals surface area (Å²) in [5.41, 5.74) is 0. The van der Waals surface area contributed by atoms with E-state index in [0.717, 1.165) is 6.07 Å². The van der Waals surface area contributed by atoms with E-state index in [9.17, 15) is 17.6 Å². The van der Waals surface area contributed by atoms with Crippen LogP contribution >= 0.6 is 0 Å². The number of nitrogens with zero attached hydrogens (tertiary/aromatic N) is 1. The summed E-state index contributed by atoms with van der Waals surface area (Å²) in [6, 6.07) is 5.37. The molecule has 0 aliphatic carbocycles. The summed E-state index contributed by atoms with van der Waals surface area (Å²) >= 11 is 0. The highest BCUT2D eigenvalue weighted by molar-refractivity contribution is 7.89. The Balaban J connectivity index is 1.69. The number of benzene rings is 1. The molecule has 1 N–H and O–H groups in total. The average Bonchev–Trinajstić information content (AvgIpc) is 3.06. The molecule has 0 saturated carbocycles. The quantitative estimate of drug-likeness (QED) is 0.876. The minimum absolute atomic E-state index is 0.0474. The molecule has 23 heavy (non-hydrogen) atoms.